The highest BCUT2D eigenvalue weighted by atomic mass is 16.5. The molecule has 24 heavy (non-hydrogen) atoms. The zero-order chi connectivity index (χ0) is 17.1. The number of ether oxygens (including phenoxy) is 1. The minimum Gasteiger partial charge on any atom is -0.384 e. The predicted molar refractivity (Wildman–Crippen MR) is 90.7 cm³/mol. The van der Waals surface area contributed by atoms with Gasteiger partial charge >= 0.3 is 0 Å². The monoisotopic (exact) mass is 330 g/mol. The van der Waals surface area contributed by atoms with Gasteiger partial charge in [-0.2, -0.15) is 0 Å². The number of aryl methyl sites for hydroxylation is 1. The Kier molecular flexibility index (Phi) is 4.66. The van der Waals surface area contributed by atoms with Crippen LogP contribution in [0.4, 0.5) is 11.6 Å². The number of rotatable bonds is 5. The summed E-state index contributed by atoms with van der Waals surface area (Å²) in [6.07, 6.45) is 6.01. The van der Waals surface area contributed by atoms with E-state index in [4.69, 9.17) is 10.5 Å². The van der Waals surface area contributed by atoms with Gasteiger partial charge in [-0.25, -0.2) is 9.97 Å². The van der Waals surface area contributed by atoms with Crippen molar-refractivity contribution in [3.05, 3.63) is 36.4 Å². The van der Waals surface area contributed by atoms with Gasteiger partial charge in [0.2, 0.25) is 0 Å². The molecule has 2 atom stereocenters. The summed E-state index contributed by atoms with van der Waals surface area (Å²) in [5.74, 6) is 1.09. The quantitative estimate of drug-likeness (QED) is 0.824. The van der Waals surface area contributed by atoms with Crippen LogP contribution in [-0.2, 0) is 11.8 Å². The Labute approximate surface area is 140 Å². The summed E-state index contributed by atoms with van der Waals surface area (Å²) >= 11 is 0. The SMILES string of the molecule is CO[C@@H]1C[C@H](CNC(=O)c2ccn(C)c2)N(c2cc(N)ncn2)C1. The van der Waals surface area contributed by atoms with Crippen LogP contribution < -0.4 is 16.0 Å². The van der Waals surface area contributed by atoms with E-state index >= 15 is 0 Å². The fourth-order valence-corrected chi connectivity index (χ4v) is 2.99. The van der Waals surface area contributed by atoms with Gasteiger partial charge in [0.15, 0.2) is 0 Å². The van der Waals surface area contributed by atoms with E-state index in [9.17, 15) is 4.79 Å². The molecule has 1 fully saturated rings. The van der Waals surface area contributed by atoms with Crippen molar-refractivity contribution < 1.29 is 9.53 Å². The zero-order valence-electron chi connectivity index (χ0n) is 13.8. The van der Waals surface area contributed by atoms with Crippen molar-refractivity contribution >= 4 is 17.5 Å². The average molecular weight is 330 g/mol. The van der Waals surface area contributed by atoms with E-state index in [0.717, 1.165) is 12.2 Å². The lowest BCUT2D eigenvalue weighted by Gasteiger charge is -2.25. The molecule has 0 aliphatic carbocycles. The highest BCUT2D eigenvalue weighted by Gasteiger charge is 2.33. The summed E-state index contributed by atoms with van der Waals surface area (Å²) in [7, 11) is 3.58. The van der Waals surface area contributed by atoms with Gasteiger partial charge in [0.05, 0.1) is 17.7 Å². The summed E-state index contributed by atoms with van der Waals surface area (Å²) in [5.41, 5.74) is 6.41. The largest absolute Gasteiger partial charge is 0.384 e. The van der Waals surface area contributed by atoms with Crippen molar-refractivity contribution in [2.24, 2.45) is 7.05 Å². The summed E-state index contributed by atoms with van der Waals surface area (Å²) in [4.78, 5) is 22.6. The maximum absolute atomic E-state index is 12.2. The molecular weight excluding hydrogens is 308 g/mol. The maximum atomic E-state index is 12.2. The predicted octanol–water partition coefficient (Wildman–Crippen LogP) is 0.421. The van der Waals surface area contributed by atoms with Crippen LogP contribution in [0.25, 0.3) is 0 Å². The van der Waals surface area contributed by atoms with Gasteiger partial charge < -0.3 is 25.3 Å². The lowest BCUT2D eigenvalue weighted by atomic mass is 10.2. The topological polar surface area (TPSA) is 98.3 Å². The molecule has 1 aliphatic rings. The van der Waals surface area contributed by atoms with Crippen LogP contribution >= 0.6 is 0 Å². The van der Waals surface area contributed by atoms with E-state index in [2.05, 4.69) is 20.2 Å². The van der Waals surface area contributed by atoms with Gasteiger partial charge in [-0.1, -0.05) is 0 Å². The average Bonchev–Trinajstić information content (AvgIpc) is 3.18. The van der Waals surface area contributed by atoms with E-state index in [1.165, 1.54) is 6.33 Å². The lowest BCUT2D eigenvalue weighted by Crippen LogP contribution is -2.40. The number of methoxy groups -OCH3 is 1. The molecule has 0 saturated carbocycles. The molecule has 0 radical (unpaired) electrons. The second-order valence-corrected chi connectivity index (χ2v) is 5.98. The lowest BCUT2D eigenvalue weighted by molar-refractivity contribution is 0.0946. The van der Waals surface area contributed by atoms with E-state index in [1.54, 1.807) is 25.4 Å². The molecule has 3 rings (SSSR count). The Morgan fingerprint density at radius 1 is 1.50 bits per heavy atom. The first-order valence-electron chi connectivity index (χ1n) is 7.84. The van der Waals surface area contributed by atoms with E-state index in [1.807, 2.05) is 17.8 Å². The highest BCUT2D eigenvalue weighted by molar-refractivity contribution is 5.94. The van der Waals surface area contributed by atoms with Crippen LogP contribution in [0.5, 0.6) is 0 Å². The number of nitrogens with two attached hydrogens (primary N) is 1. The number of hydrogen-bond donors (Lipinski definition) is 2. The van der Waals surface area contributed by atoms with Crippen molar-refractivity contribution in [3.8, 4) is 0 Å². The molecule has 0 bridgehead atoms. The standard InChI is InChI=1S/C16H22N6O2/c1-21-4-3-11(8-21)16(23)18-7-12-5-13(24-2)9-22(12)15-6-14(17)19-10-20-15/h3-4,6,8,10,12-13H,5,7,9H2,1-2H3,(H,18,23)(H2,17,19,20)/t12-,13-/m1/s1. The molecule has 0 spiro atoms. The fraction of sp³-hybridized carbons (Fsp3) is 0.438. The third-order valence-electron chi connectivity index (χ3n) is 4.27. The summed E-state index contributed by atoms with van der Waals surface area (Å²) in [5, 5.41) is 2.99. The molecule has 1 aliphatic heterocycles. The Morgan fingerprint density at radius 3 is 3.00 bits per heavy atom. The Hall–Kier alpha value is -2.61. The number of nitrogen functional groups attached to an aromatic ring is 1. The fourth-order valence-electron chi connectivity index (χ4n) is 2.99. The minimum absolute atomic E-state index is 0.0846. The number of nitrogens with zero attached hydrogens (tertiary/aromatic N) is 4. The van der Waals surface area contributed by atoms with Gasteiger partial charge in [-0.15, -0.1) is 0 Å². The van der Waals surface area contributed by atoms with Crippen LogP contribution in [0.2, 0.25) is 0 Å². The number of amides is 1. The van der Waals surface area contributed by atoms with Crippen molar-refractivity contribution in [1.29, 1.82) is 0 Å². The van der Waals surface area contributed by atoms with Gasteiger partial charge in [0.25, 0.3) is 5.91 Å². The van der Waals surface area contributed by atoms with Crippen molar-refractivity contribution in [2.75, 3.05) is 30.8 Å². The third-order valence-corrected chi connectivity index (χ3v) is 4.27. The number of nitrogens with one attached hydrogen (secondary N) is 1. The van der Waals surface area contributed by atoms with Gasteiger partial charge in [0.1, 0.15) is 18.0 Å². The maximum Gasteiger partial charge on any atom is 0.252 e. The van der Waals surface area contributed by atoms with E-state index < -0.39 is 0 Å². The number of carbonyl (C=O) groups excluding carboxylic acids is 1. The van der Waals surface area contributed by atoms with Gasteiger partial charge in [-0.05, 0) is 12.5 Å². The molecule has 0 unspecified atom stereocenters. The van der Waals surface area contributed by atoms with E-state index in [-0.39, 0.29) is 18.1 Å². The van der Waals surface area contributed by atoms with Crippen LogP contribution in [0, 0.1) is 0 Å². The van der Waals surface area contributed by atoms with Crippen LogP contribution in [0.1, 0.15) is 16.8 Å². The first kappa shape index (κ1) is 16.3. The normalized spacial score (nSPS) is 20.3. The first-order valence-corrected chi connectivity index (χ1v) is 7.84. The number of hydrogen-bond acceptors (Lipinski definition) is 6. The van der Waals surface area contributed by atoms with Gasteiger partial charge in [0, 0.05) is 45.7 Å². The Bertz CT molecular complexity index is 716. The number of carbonyl (C=O) groups is 1. The summed E-state index contributed by atoms with van der Waals surface area (Å²) in [6.45, 7) is 1.22. The molecule has 0 aromatic carbocycles. The van der Waals surface area contributed by atoms with Crippen molar-refractivity contribution in [2.45, 2.75) is 18.6 Å². The molecular formula is C16H22N6O2. The molecule has 128 valence electrons. The van der Waals surface area contributed by atoms with Crippen LogP contribution in [-0.4, -0.2) is 52.8 Å². The summed E-state index contributed by atoms with van der Waals surface area (Å²) < 4.78 is 7.33. The molecule has 8 heteroatoms. The third kappa shape index (κ3) is 3.48. The molecule has 1 amide bonds. The first-order chi connectivity index (χ1) is 11.6. The Morgan fingerprint density at radius 2 is 2.33 bits per heavy atom. The number of anilines is 2. The van der Waals surface area contributed by atoms with Crippen LogP contribution in [0.3, 0.4) is 0 Å². The molecule has 2 aromatic rings. The second-order valence-electron chi connectivity index (χ2n) is 5.98. The van der Waals surface area contributed by atoms with Crippen LogP contribution in [0.15, 0.2) is 30.9 Å². The molecule has 3 heterocycles. The van der Waals surface area contributed by atoms with Crippen molar-refractivity contribution in [3.63, 3.8) is 0 Å². The second kappa shape index (κ2) is 6.88. The van der Waals surface area contributed by atoms with Gasteiger partial charge in [-0.3, -0.25) is 4.79 Å². The zero-order valence-corrected chi connectivity index (χ0v) is 13.8. The van der Waals surface area contributed by atoms with E-state index in [0.29, 0.717) is 24.5 Å². The Balaban J connectivity index is 1.68. The molecule has 3 N–H and O–H groups in total. The number of aromatic nitrogens is 3. The molecule has 2 aromatic heterocycles. The highest BCUT2D eigenvalue weighted by Crippen LogP contribution is 2.25. The minimum atomic E-state index is -0.0846. The molecule has 8 nitrogen and oxygen atoms in total. The summed E-state index contributed by atoms with van der Waals surface area (Å²) in [6, 6.07) is 3.63. The smallest absolute Gasteiger partial charge is 0.252 e. The van der Waals surface area contributed by atoms with Crippen molar-refractivity contribution in [1.82, 2.24) is 19.9 Å². The molecule has 1 saturated heterocycles.